The molecule has 1 amide bonds. The number of esters is 1. The number of benzene rings is 1. The van der Waals surface area contributed by atoms with Gasteiger partial charge in [0.15, 0.2) is 0 Å². The molecule has 13 heteroatoms. The van der Waals surface area contributed by atoms with Gasteiger partial charge in [0.2, 0.25) is 0 Å². The van der Waals surface area contributed by atoms with Crippen molar-refractivity contribution in [2.24, 2.45) is 0 Å². The number of aromatic nitrogens is 1. The van der Waals surface area contributed by atoms with Crippen LogP contribution in [0.4, 0.5) is 5.69 Å². The average Bonchev–Trinajstić information content (AvgIpc) is 3.47. The molecular formula is C24H23N3O6S3Se. The van der Waals surface area contributed by atoms with Gasteiger partial charge in [-0.15, -0.1) is 0 Å². The molecule has 1 saturated heterocycles. The molecule has 37 heavy (non-hydrogen) atoms. The standard InChI is InChI=1S/C24H23N3O6S3Se/c1-4-25-14-11-13(23(32)33-6-3)7-9-16(14)37-17(25)10-8-15-20(30)27(12-18(28)29)22(35-15)19-21(31)26(5-2)24(34)36-19/h7-11H,4-6,12H2,1-3H3,(H,28,29)/b15-8+,17-10-,22-19-. The summed E-state index contributed by atoms with van der Waals surface area (Å²) in [5.41, 5.74) is 0.936. The number of carboxylic acids is 1. The number of ether oxygens (including phenoxy) is 1. The number of carbonyl (C=O) groups is 3. The number of allylic oxidation sites excluding steroid dienone is 1. The van der Waals surface area contributed by atoms with Crippen LogP contribution in [0.1, 0.15) is 31.1 Å². The van der Waals surface area contributed by atoms with Gasteiger partial charge in [-0.1, -0.05) is 0 Å². The summed E-state index contributed by atoms with van der Waals surface area (Å²) in [6, 6.07) is 5.51. The minimum atomic E-state index is -1.18. The van der Waals surface area contributed by atoms with Gasteiger partial charge < -0.3 is 0 Å². The molecule has 0 radical (unpaired) electrons. The summed E-state index contributed by atoms with van der Waals surface area (Å²) in [5.74, 6) is -1.88. The third-order valence-electron chi connectivity index (χ3n) is 5.50. The predicted molar refractivity (Wildman–Crippen MR) is 150 cm³/mol. The van der Waals surface area contributed by atoms with Crippen molar-refractivity contribution in [3.63, 3.8) is 0 Å². The molecule has 4 rings (SSSR count). The zero-order valence-electron chi connectivity index (χ0n) is 20.2. The van der Waals surface area contributed by atoms with Crippen LogP contribution in [0.25, 0.3) is 11.0 Å². The van der Waals surface area contributed by atoms with Crippen LogP contribution in [0, 0.1) is 0 Å². The zero-order chi connectivity index (χ0) is 26.9. The van der Waals surface area contributed by atoms with Crippen molar-refractivity contribution >= 4 is 93.6 Å². The van der Waals surface area contributed by atoms with Crippen molar-refractivity contribution in [3.05, 3.63) is 54.0 Å². The molecule has 0 aliphatic carbocycles. The number of hydrogen-bond acceptors (Lipinski definition) is 9. The molecule has 0 spiro atoms. The van der Waals surface area contributed by atoms with Crippen LogP contribution < -0.4 is 24.1 Å². The number of fused-ring (bicyclic) bond motifs is 1. The summed E-state index contributed by atoms with van der Waals surface area (Å²) in [5, 5.41) is 9.40. The van der Waals surface area contributed by atoms with Crippen LogP contribution >= 0.6 is 35.3 Å². The Bertz CT molecular complexity index is 1530. The molecular weight excluding hydrogens is 601 g/mol. The van der Waals surface area contributed by atoms with E-state index in [0.29, 0.717) is 34.1 Å². The number of amides is 1. The maximum atomic E-state index is 13.2. The van der Waals surface area contributed by atoms with Gasteiger partial charge in [-0.2, -0.15) is 0 Å². The number of anilines is 1. The molecule has 3 heterocycles. The third-order valence-corrected chi connectivity index (χ3v) is 10.6. The van der Waals surface area contributed by atoms with E-state index in [9.17, 15) is 24.3 Å². The summed E-state index contributed by atoms with van der Waals surface area (Å²) >= 11 is 7.39. The van der Waals surface area contributed by atoms with E-state index in [4.69, 9.17) is 17.0 Å². The maximum absolute atomic E-state index is 13.2. The summed E-state index contributed by atoms with van der Waals surface area (Å²) in [6.07, 6.45) is 3.53. The Balaban J connectivity index is 1.78. The van der Waals surface area contributed by atoms with Crippen LogP contribution in [-0.2, 0) is 20.9 Å². The number of rotatable bonds is 7. The fraction of sp³-hybridized carbons (Fsp3) is 0.292. The molecule has 1 N–H and O–H groups in total. The molecule has 0 unspecified atom stereocenters. The molecule has 0 saturated carbocycles. The quantitative estimate of drug-likeness (QED) is 0.270. The van der Waals surface area contributed by atoms with Crippen molar-refractivity contribution in [3.8, 4) is 0 Å². The average molecular weight is 625 g/mol. The van der Waals surface area contributed by atoms with Gasteiger partial charge in [0, 0.05) is 0 Å². The first-order chi connectivity index (χ1) is 17.7. The Morgan fingerprint density at radius 2 is 1.86 bits per heavy atom. The molecule has 2 aliphatic heterocycles. The summed E-state index contributed by atoms with van der Waals surface area (Å²) in [7, 11) is 0. The van der Waals surface area contributed by atoms with E-state index in [1.165, 1.54) is 4.90 Å². The molecule has 2 aromatic rings. The van der Waals surface area contributed by atoms with Gasteiger partial charge in [-0.3, -0.25) is 0 Å². The summed E-state index contributed by atoms with van der Waals surface area (Å²) in [6.45, 7) is 6.35. The van der Waals surface area contributed by atoms with E-state index in [1.54, 1.807) is 26.0 Å². The van der Waals surface area contributed by atoms with Gasteiger partial charge in [0.25, 0.3) is 0 Å². The second-order valence-corrected chi connectivity index (χ2v) is 12.6. The van der Waals surface area contributed by atoms with E-state index in [2.05, 4.69) is 4.90 Å². The summed E-state index contributed by atoms with van der Waals surface area (Å²) < 4.78 is 9.33. The monoisotopic (exact) mass is 625 g/mol. The molecule has 194 valence electrons. The Morgan fingerprint density at radius 1 is 1.14 bits per heavy atom. The Labute approximate surface area is 232 Å². The number of thiazole rings is 1. The Kier molecular flexibility index (Phi) is 8.39. The summed E-state index contributed by atoms with van der Waals surface area (Å²) in [4.78, 5) is 53.5. The van der Waals surface area contributed by atoms with E-state index < -0.39 is 18.1 Å². The first-order valence-electron chi connectivity index (χ1n) is 11.4. The number of carbonyl (C=O) groups excluding carboxylic acids is 2. The SMILES string of the molecule is CCOC(=O)c1ccc2c(c1)N(CC)/C(=C/C=c1/s/c(=C3\SC(=S)N(CC)C3=O)n(CC(=O)O)c1=O)[Se]2. The van der Waals surface area contributed by atoms with Crippen LogP contribution in [0.3, 0.4) is 0 Å². The number of aliphatic carboxylic acids is 1. The molecule has 1 fully saturated rings. The number of thioether (sulfide) groups is 1. The van der Waals surface area contributed by atoms with Crippen LogP contribution in [-0.4, -0.2) is 71.4 Å². The predicted octanol–water partition coefficient (Wildman–Crippen LogP) is 0.651. The molecule has 1 aromatic carbocycles. The molecule has 9 nitrogen and oxygen atoms in total. The zero-order valence-corrected chi connectivity index (χ0v) is 24.3. The molecule has 1 aromatic heterocycles. The van der Waals surface area contributed by atoms with Gasteiger partial charge in [0.1, 0.15) is 0 Å². The first kappa shape index (κ1) is 27.3. The van der Waals surface area contributed by atoms with E-state index in [-0.39, 0.29) is 36.4 Å². The van der Waals surface area contributed by atoms with E-state index >= 15 is 0 Å². The van der Waals surface area contributed by atoms with Gasteiger partial charge >= 0.3 is 233 Å². The van der Waals surface area contributed by atoms with E-state index in [1.807, 2.05) is 25.1 Å². The van der Waals surface area contributed by atoms with Crippen LogP contribution in [0.5, 0.6) is 0 Å². The van der Waals surface area contributed by atoms with Crippen molar-refractivity contribution < 1.29 is 24.2 Å². The van der Waals surface area contributed by atoms with Crippen molar-refractivity contribution in [2.45, 2.75) is 27.3 Å². The van der Waals surface area contributed by atoms with Crippen LogP contribution in [0.2, 0.25) is 0 Å². The van der Waals surface area contributed by atoms with Crippen molar-refractivity contribution in [2.75, 3.05) is 24.6 Å². The number of carboxylic acid groups (broad SMARTS) is 1. The first-order valence-corrected chi connectivity index (χ1v) is 15.1. The second kappa shape index (κ2) is 11.4. The molecule has 0 atom stereocenters. The van der Waals surface area contributed by atoms with Gasteiger partial charge in [-0.05, 0) is 0 Å². The molecule has 2 aliphatic rings. The Hall–Kier alpha value is -2.70. The normalized spacial score (nSPS) is 18.2. The van der Waals surface area contributed by atoms with Crippen molar-refractivity contribution in [1.82, 2.24) is 9.47 Å². The third kappa shape index (κ3) is 5.32. The fourth-order valence-corrected chi connectivity index (χ4v) is 8.73. The fourth-order valence-electron chi connectivity index (χ4n) is 3.82. The van der Waals surface area contributed by atoms with Gasteiger partial charge in [-0.25, -0.2) is 0 Å². The number of thiocarbonyl (C=S) groups is 1. The van der Waals surface area contributed by atoms with E-state index in [0.717, 1.165) is 42.4 Å². The second-order valence-electron chi connectivity index (χ2n) is 7.72. The topological polar surface area (TPSA) is 109 Å². The van der Waals surface area contributed by atoms with Gasteiger partial charge in [0.05, 0.1) is 0 Å². The van der Waals surface area contributed by atoms with Crippen LogP contribution in [0.15, 0.2) is 33.7 Å². The Morgan fingerprint density at radius 3 is 2.49 bits per heavy atom. The number of nitrogens with zero attached hydrogens (tertiary/aromatic N) is 3. The van der Waals surface area contributed by atoms with Crippen molar-refractivity contribution in [1.29, 1.82) is 0 Å². The molecule has 0 bridgehead atoms. The number of hydrogen-bond donors (Lipinski definition) is 1. The minimum absolute atomic E-state index is 0.0605.